The van der Waals surface area contributed by atoms with Gasteiger partial charge in [-0.3, -0.25) is 9.10 Å². The van der Waals surface area contributed by atoms with Gasteiger partial charge in [0.1, 0.15) is 24.7 Å². The molecule has 0 heterocycles. The number of rotatable bonds is 13. The first-order valence-corrected chi connectivity index (χ1v) is 12.8. The summed E-state index contributed by atoms with van der Waals surface area (Å²) < 4.78 is 49.4. The average Bonchev–Trinajstić information content (AvgIpc) is 2.94. The number of benzene rings is 3. The number of anilines is 1. The third-order valence-corrected chi connectivity index (χ3v) is 6.99. The number of hydrogen-bond acceptors (Lipinski definition) is 8. The molecule has 11 heteroatoms. The lowest BCUT2D eigenvalue weighted by Gasteiger charge is -2.24. The molecule has 0 aliphatic heterocycles. The van der Waals surface area contributed by atoms with E-state index >= 15 is 0 Å². The lowest BCUT2D eigenvalue weighted by molar-refractivity contribution is -0.119. The highest BCUT2D eigenvalue weighted by Crippen LogP contribution is 2.32. The second kappa shape index (κ2) is 13.2. The molecule has 0 saturated carbocycles. The van der Waals surface area contributed by atoms with E-state index < -0.39 is 22.5 Å². The Hall–Kier alpha value is -4.51. The Bertz CT molecular complexity index is 1390. The van der Waals surface area contributed by atoms with Crippen molar-refractivity contribution in [3.8, 4) is 23.0 Å². The summed E-state index contributed by atoms with van der Waals surface area (Å²) in [5, 5.41) is 3.96. The maximum atomic E-state index is 13.7. The van der Waals surface area contributed by atoms with Crippen LogP contribution >= 0.6 is 0 Å². The van der Waals surface area contributed by atoms with Crippen LogP contribution in [0.25, 0.3) is 0 Å². The van der Waals surface area contributed by atoms with Gasteiger partial charge < -0.3 is 18.9 Å². The van der Waals surface area contributed by atoms with E-state index in [1.54, 1.807) is 54.6 Å². The van der Waals surface area contributed by atoms with E-state index in [4.69, 9.17) is 18.9 Å². The first kappa shape index (κ1) is 28.1. The molecular weight excluding hydrogens is 510 g/mol. The quantitative estimate of drug-likeness (QED) is 0.200. The zero-order chi connectivity index (χ0) is 27.5. The zero-order valence-electron chi connectivity index (χ0n) is 21.3. The first-order chi connectivity index (χ1) is 18.3. The summed E-state index contributed by atoms with van der Waals surface area (Å²) >= 11 is 0. The van der Waals surface area contributed by atoms with Gasteiger partial charge in [-0.25, -0.2) is 13.8 Å². The Balaban J connectivity index is 1.85. The van der Waals surface area contributed by atoms with Crippen molar-refractivity contribution in [1.82, 2.24) is 5.43 Å². The summed E-state index contributed by atoms with van der Waals surface area (Å²) in [7, 11) is 0.156. The smallest absolute Gasteiger partial charge is 0.264 e. The van der Waals surface area contributed by atoms with Crippen molar-refractivity contribution in [2.75, 3.05) is 38.8 Å². The molecule has 0 unspecified atom stereocenters. The lowest BCUT2D eigenvalue weighted by atomic mass is 10.2. The second-order valence-electron chi connectivity index (χ2n) is 7.69. The van der Waals surface area contributed by atoms with Crippen LogP contribution in [-0.4, -0.2) is 55.0 Å². The third kappa shape index (κ3) is 7.04. The normalized spacial score (nSPS) is 11.0. The number of nitrogens with zero attached hydrogens (tertiary/aromatic N) is 2. The molecule has 0 saturated heterocycles. The highest BCUT2D eigenvalue weighted by atomic mass is 32.2. The summed E-state index contributed by atoms with van der Waals surface area (Å²) in [5.74, 6) is 1.10. The molecule has 0 spiro atoms. The van der Waals surface area contributed by atoms with Crippen LogP contribution in [-0.2, 0) is 14.8 Å². The van der Waals surface area contributed by atoms with Gasteiger partial charge in [0.2, 0.25) is 0 Å². The molecule has 3 aromatic carbocycles. The zero-order valence-corrected chi connectivity index (χ0v) is 22.1. The van der Waals surface area contributed by atoms with Gasteiger partial charge in [-0.05, 0) is 54.1 Å². The monoisotopic (exact) mass is 539 g/mol. The van der Waals surface area contributed by atoms with Crippen molar-refractivity contribution < 1.29 is 32.2 Å². The van der Waals surface area contributed by atoms with Crippen molar-refractivity contribution in [3.05, 3.63) is 84.9 Å². The van der Waals surface area contributed by atoms with Gasteiger partial charge in [0.25, 0.3) is 15.9 Å². The molecule has 0 aromatic heterocycles. The van der Waals surface area contributed by atoms with Crippen LogP contribution < -0.4 is 28.7 Å². The van der Waals surface area contributed by atoms with Gasteiger partial charge in [-0.1, -0.05) is 24.8 Å². The van der Waals surface area contributed by atoms with Crippen LogP contribution in [0.15, 0.2) is 89.4 Å². The SMILES string of the molecule is C=CCOc1cccc(/C=N\NC(=O)CN(c2ccc(OC)cc2)S(=O)(=O)c2ccc(OC)c(OC)c2)c1. The Morgan fingerprint density at radius 2 is 1.68 bits per heavy atom. The Morgan fingerprint density at radius 1 is 0.947 bits per heavy atom. The van der Waals surface area contributed by atoms with Gasteiger partial charge in [-0.15, -0.1) is 0 Å². The molecule has 3 rings (SSSR count). The number of nitrogens with one attached hydrogen (secondary N) is 1. The van der Waals surface area contributed by atoms with E-state index in [9.17, 15) is 13.2 Å². The second-order valence-corrected chi connectivity index (χ2v) is 9.55. The topological polar surface area (TPSA) is 116 Å². The van der Waals surface area contributed by atoms with Crippen molar-refractivity contribution >= 4 is 27.8 Å². The number of ether oxygens (including phenoxy) is 4. The number of hydrazone groups is 1. The van der Waals surface area contributed by atoms with Gasteiger partial charge >= 0.3 is 0 Å². The van der Waals surface area contributed by atoms with Crippen LogP contribution in [0.3, 0.4) is 0 Å². The molecule has 0 bridgehead atoms. The predicted octanol–water partition coefficient (Wildman–Crippen LogP) is 3.62. The molecule has 1 N–H and O–H groups in total. The Kier molecular flexibility index (Phi) is 9.72. The van der Waals surface area contributed by atoms with Crippen molar-refractivity contribution in [1.29, 1.82) is 0 Å². The maximum Gasteiger partial charge on any atom is 0.264 e. The van der Waals surface area contributed by atoms with E-state index in [-0.39, 0.29) is 16.3 Å². The predicted molar refractivity (Wildman–Crippen MR) is 145 cm³/mol. The van der Waals surface area contributed by atoms with Gasteiger partial charge in [-0.2, -0.15) is 5.10 Å². The summed E-state index contributed by atoms with van der Waals surface area (Å²) in [6, 6.07) is 17.6. The van der Waals surface area contributed by atoms with Gasteiger partial charge in [0.05, 0.1) is 38.1 Å². The fourth-order valence-corrected chi connectivity index (χ4v) is 4.79. The van der Waals surface area contributed by atoms with Crippen LogP contribution in [0, 0.1) is 0 Å². The standard InChI is InChI=1S/C27H29N3O7S/c1-5-15-37-23-8-6-7-20(16-23)18-28-29-27(31)19-30(21-9-11-22(34-2)12-10-21)38(32,33)24-13-14-25(35-3)26(17-24)36-4/h5-14,16-18H,1,15,19H2,2-4H3,(H,29,31)/b28-18-. The van der Waals surface area contributed by atoms with E-state index in [0.29, 0.717) is 29.4 Å². The summed E-state index contributed by atoms with van der Waals surface area (Å²) in [4.78, 5) is 12.7. The van der Waals surface area contributed by atoms with Crippen molar-refractivity contribution in [3.63, 3.8) is 0 Å². The highest BCUT2D eigenvalue weighted by Gasteiger charge is 2.28. The number of methoxy groups -OCH3 is 3. The molecule has 3 aromatic rings. The largest absolute Gasteiger partial charge is 0.497 e. The number of sulfonamides is 1. The average molecular weight is 540 g/mol. The molecular formula is C27H29N3O7S. The molecule has 1 amide bonds. The van der Waals surface area contributed by atoms with E-state index in [2.05, 4.69) is 17.1 Å². The lowest BCUT2D eigenvalue weighted by Crippen LogP contribution is -2.39. The minimum absolute atomic E-state index is 0.0846. The fourth-order valence-electron chi connectivity index (χ4n) is 3.35. The van der Waals surface area contributed by atoms with Crippen LogP contribution in [0.2, 0.25) is 0 Å². The number of amides is 1. The number of carbonyl (C=O) groups is 1. The first-order valence-electron chi connectivity index (χ1n) is 11.4. The Labute approximate surface area is 222 Å². The molecule has 0 aliphatic rings. The summed E-state index contributed by atoms with van der Waals surface area (Å²) in [5.41, 5.74) is 3.31. The van der Waals surface area contributed by atoms with Crippen LogP contribution in [0.4, 0.5) is 5.69 Å². The summed E-state index contributed by atoms with van der Waals surface area (Å²) in [6.45, 7) is 3.43. The van der Waals surface area contributed by atoms with E-state index in [1.807, 2.05) is 0 Å². The van der Waals surface area contributed by atoms with Gasteiger partial charge in [0, 0.05) is 6.07 Å². The summed E-state index contributed by atoms with van der Waals surface area (Å²) in [6.07, 6.45) is 3.06. The molecule has 0 fully saturated rings. The molecule has 38 heavy (non-hydrogen) atoms. The maximum absolute atomic E-state index is 13.7. The molecule has 0 radical (unpaired) electrons. The van der Waals surface area contributed by atoms with E-state index in [1.165, 1.54) is 45.7 Å². The molecule has 200 valence electrons. The van der Waals surface area contributed by atoms with Crippen molar-refractivity contribution in [2.24, 2.45) is 5.10 Å². The number of hydrogen-bond donors (Lipinski definition) is 1. The Morgan fingerprint density at radius 3 is 2.34 bits per heavy atom. The van der Waals surface area contributed by atoms with E-state index in [0.717, 1.165) is 4.31 Å². The minimum atomic E-state index is -4.20. The molecule has 0 aliphatic carbocycles. The van der Waals surface area contributed by atoms with Crippen LogP contribution in [0.5, 0.6) is 23.0 Å². The third-order valence-electron chi connectivity index (χ3n) is 5.22. The molecule has 0 atom stereocenters. The number of carbonyl (C=O) groups excluding carboxylic acids is 1. The molecule has 10 nitrogen and oxygen atoms in total. The van der Waals surface area contributed by atoms with Gasteiger partial charge in [0.15, 0.2) is 11.5 Å². The van der Waals surface area contributed by atoms with Crippen LogP contribution in [0.1, 0.15) is 5.56 Å². The van der Waals surface area contributed by atoms with Crippen molar-refractivity contribution in [2.45, 2.75) is 4.90 Å². The highest BCUT2D eigenvalue weighted by molar-refractivity contribution is 7.92. The minimum Gasteiger partial charge on any atom is -0.497 e. The fraction of sp³-hybridized carbons (Fsp3) is 0.185.